The molecule has 1 saturated carbocycles. The third-order valence-corrected chi connectivity index (χ3v) is 3.57. The van der Waals surface area contributed by atoms with Gasteiger partial charge in [-0.05, 0) is 12.8 Å². The van der Waals surface area contributed by atoms with Gasteiger partial charge in [0.15, 0.2) is 0 Å². The van der Waals surface area contributed by atoms with Crippen LogP contribution in [0.5, 0.6) is 0 Å². The molecule has 14 heavy (non-hydrogen) atoms. The van der Waals surface area contributed by atoms with E-state index in [1.165, 1.54) is 25.7 Å². The molecule has 0 bridgehead atoms. The van der Waals surface area contributed by atoms with E-state index < -0.39 is 0 Å². The van der Waals surface area contributed by atoms with Crippen molar-refractivity contribution in [3.8, 4) is 0 Å². The zero-order valence-electron chi connectivity index (χ0n) is 9.05. The van der Waals surface area contributed by atoms with E-state index >= 15 is 0 Å². The lowest BCUT2D eigenvalue weighted by molar-refractivity contribution is -0.0173. The number of nitrogens with one attached hydrogen (secondary N) is 1. The average Bonchev–Trinajstić information content (AvgIpc) is 2.87. The van der Waals surface area contributed by atoms with Crippen LogP contribution in [0.1, 0.15) is 32.1 Å². The van der Waals surface area contributed by atoms with Gasteiger partial charge in [0.1, 0.15) is 5.60 Å². The number of ether oxygens (including phenoxy) is 2. The van der Waals surface area contributed by atoms with Gasteiger partial charge in [-0.2, -0.15) is 0 Å². The first kappa shape index (κ1) is 10.4. The minimum absolute atomic E-state index is 0.0391. The Kier molecular flexibility index (Phi) is 3.42. The molecule has 1 heterocycles. The molecule has 0 aromatic rings. The summed E-state index contributed by atoms with van der Waals surface area (Å²) < 4.78 is 11.0. The normalized spacial score (nSPS) is 34.1. The molecule has 2 rings (SSSR count). The van der Waals surface area contributed by atoms with Gasteiger partial charge in [0.25, 0.3) is 0 Å². The Hall–Kier alpha value is -0.120. The molecule has 1 saturated heterocycles. The second-order valence-corrected chi connectivity index (χ2v) is 4.55. The maximum Gasteiger partial charge on any atom is 0.106 e. The molecule has 0 radical (unpaired) electrons. The third-order valence-electron chi connectivity index (χ3n) is 3.57. The smallest absolute Gasteiger partial charge is 0.106 e. The molecule has 0 amide bonds. The number of hydrogen-bond donors (Lipinski definition) is 1. The van der Waals surface area contributed by atoms with Gasteiger partial charge in [0.2, 0.25) is 0 Å². The summed E-state index contributed by atoms with van der Waals surface area (Å²) in [6.07, 6.45) is 6.47. The summed E-state index contributed by atoms with van der Waals surface area (Å²) in [5, 5.41) is 3.61. The highest BCUT2D eigenvalue weighted by Crippen LogP contribution is 2.23. The standard InChI is InChI=1S/C11H21NO2/c1-13-11(6-7-14-9-11)8-12-10-4-2-3-5-10/h10,12H,2-9H2,1H3. The van der Waals surface area contributed by atoms with Gasteiger partial charge in [-0.3, -0.25) is 0 Å². The van der Waals surface area contributed by atoms with Crippen molar-refractivity contribution in [3.05, 3.63) is 0 Å². The molecule has 3 nitrogen and oxygen atoms in total. The first-order chi connectivity index (χ1) is 6.85. The maximum absolute atomic E-state index is 5.57. The number of rotatable bonds is 4. The van der Waals surface area contributed by atoms with Gasteiger partial charge < -0.3 is 14.8 Å². The SMILES string of the molecule is COC1(CNC2CCCC2)CCOC1. The Labute approximate surface area is 86.2 Å². The molecule has 82 valence electrons. The molecule has 1 N–H and O–H groups in total. The molecular formula is C11H21NO2. The van der Waals surface area contributed by atoms with E-state index in [1.54, 1.807) is 7.11 Å². The zero-order chi connectivity index (χ0) is 9.86. The highest BCUT2D eigenvalue weighted by atomic mass is 16.5. The van der Waals surface area contributed by atoms with Crippen molar-refractivity contribution in [2.75, 3.05) is 26.9 Å². The van der Waals surface area contributed by atoms with E-state index in [-0.39, 0.29) is 5.60 Å². The lowest BCUT2D eigenvalue weighted by Crippen LogP contribution is -2.45. The second-order valence-electron chi connectivity index (χ2n) is 4.55. The molecule has 0 aromatic heterocycles. The van der Waals surface area contributed by atoms with Crippen LogP contribution in [0.15, 0.2) is 0 Å². The van der Waals surface area contributed by atoms with E-state index in [0.717, 1.165) is 32.2 Å². The van der Waals surface area contributed by atoms with Crippen molar-refractivity contribution in [2.24, 2.45) is 0 Å². The van der Waals surface area contributed by atoms with Crippen LogP contribution in [0.2, 0.25) is 0 Å². The molecule has 1 aliphatic heterocycles. The second kappa shape index (κ2) is 4.60. The molecule has 0 spiro atoms. The molecular weight excluding hydrogens is 178 g/mol. The van der Waals surface area contributed by atoms with E-state index in [1.807, 2.05) is 0 Å². The van der Waals surface area contributed by atoms with Crippen molar-refractivity contribution in [1.29, 1.82) is 0 Å². The molecule has 0 aromatic carbocycles. The Morgan fingerprint density at radius 2 is 2.21 bits per heavy atom. The molecule has 2 fully saturated rings. The van der Waals surface area contributed by atoms with Crippen LogP contribution >= 0.6 is 0 Å². The Morgan fingerprint density at radius 3 is 2.79 bits per heavy atom. The van der Waals surface area contributed by atoms with Gasteiger partial charge in [-0.25, -0.2) is 0 Å². The summed E-state index contributed by atoms with van der Waals surface area (Å²) in [6.45, 7) is 2.55. The van der Waals surface area contributed by atoms with Crippen LogP contribution in [-0.4, -0.2) is 38.5 Å². The van der Waals surface area contributed by atoms with Crippen LogP contribution in [-0.2, 0) is 9.47 Å². The summed E-state index contributed by atoms with van der Waals surface area (Å²) in [5.74, 6) is 0. The van der Waals surface area contributed by atoms with Crippen molar-refractivity contribution in [1.82, 2.24) is 5.32 Å². The predicted molar refractivity (Wildman–Crippen MR) is 55.4 cm³/mol. The average molecular weight is 199 g/mol. The van der Waals surface area contributed by atoms with Crippen molar-refractivity contribution in [3.63, 3.8) is 0 Å². The monoisotopic (exact) mass is 199 g/mol. The fourth-order valence-corrected chi connectivity index (χ4v) is 2.42. The largest absolute Gasteiger partial charge is 0.378 e. The topological polar surface area (TPSA) is 30.5 Å². The summed E-state index contributed by atoms with van der Waals surface area (Å²) in [6, 6.07) is 0.725. The lowest BCUT2D eigenvalue weighted by Gasteiger charge is -2.27. The van der Waals surface area contributed by atoms with Crippen molar-refractivity contribution >= 4 is 0 Å². The minimum Gasteiger partial charge on any atom is -0.378 e. The van der Waals surface area contributed by atoms with Gasteiger partial charge in [-0.15, -0.1) is 0 Å². The lowest BCUT2D eigenvalue weighted by atomic mass is 10.0. The fourth-order valence-electron chi connectivity index (χ4n) is 2.42. The van der Waals surface area contributed by atoms with Crippen molar-refractivity contribution < 1.29 is 9.47 Å². The van der Waals surface area contributed by atoms with Crippen LogP contribution in [0.25, 0.3) is 0 Å². The maximum atomic E-state index is 5.57. The van der Waals surface area contributed by atoms with E-state index in [4.69, 9.17) is 9.47 Å². The summed E-state index contributed by atoms with van der Waals surface area (Å²) >= 11 is 0. The van der Waals surface area contributed by atoms with Crippen LogP contribution in [0.4, 0.5) is 0 Å². The molecule has 2 aliphatic rings. The zero-order valence-corrected chi connectivity index (χ0v) is 9.05. The highest BCUT2D eigenvalue weighted by molar-refractivity contribution is 4.89. The van der Waals surface area contributed by atoms with E-state index in [0.29, 0.717) is 0 Å². The first-order valence-corrected chi connectivity index (χ1v) is 5.71. The quantitative estimate of drug-likeness (QED) is 0.741. The van der Waals surface area contributed by atoms with Gasteiger partial charge in [0, 0.05) is 32.7 Å². The van der Waals surface area contributed by atoms with Crippen LogP contribution < -0.4 is 5.32 Å². The molecule has 3 heteroatoms. The first-order valence-electron chi connectivity index (χ1n) is 5.71. The highest BCUT2D eigenvalue weighted by Gasteiger charge is 2.35. The number of methoxy groups -OCH3 is 1. The van der Waals surface area contributed by atoms with E-state index in [2.05, 4.69) is 5.32 Å². The van der Waals surface area contributed by atoms with Gasteiger partial charge in [0.05, 0.1) is 6.61 Å². The van der Waals surface area contributed by atoms with Crippen LogP contribution in [0.3, 0.4) is 0 Å². The fraction of sp³-hybridized carbons (Fsp3) is 1.00. The molecule has 1 atom stereocenters. The molecule has 1 aliphatic carbocycles. The predicted octanol–water partition coefficient (Wildman–Crippen LogP) is 1.32. The summed E-state index contributed by atoms with van der Waals surface area (Å²) in [4.78, 5) is 0. The van der Waals surface area contributed by atoms with E-state index in [9.17, 15) is 0 Å². The summed E-state index contributed by atoms with van der Waals surface area (Å²) in [5.41, 5.74) is -0.0391. The summed E-state index contributed by atoms with van der Waals surface area (Å²) in [7, 11) is 1.80. The van der Waals surface area contributed by atoms with Gasteiger partial charge in [-0.1, -0.05) is 12.8 Å². The minimum atomic E-state index is -0.0391. The van der Waals surface area contributed by atoms with Gasteiger partial charge >= 0.3 is 0 Å². The Bertz CT molecular complexity index is 172. The Balaban J connectivity index is 1.76. The Morgan fingerprint density at radius 1 is 1.43 bits per heavy atom. The molecule has 1 unspecified atom stereocenters. The third kappa shape index (κ3) is 2.27. The number of hydrogen-bond acceptors (Lipinski definition) is 3. The van der Waals surface area contributed by atoms with Crippen molar-refractivity contribution in [2.45, 2.75) is 43.7 Å². The van der Waals surface area contributed by atoms with Crippen LogP contribution in [0, 0.1) is 0 Å².